The number of amides is 5. The standard InChI is InChI=1S/C47H79BN8O8/c1-8-9-10-13-24-56-25-20-33(21-26-56)32-15-17-34(18-16-32)42(59)54-37(19-23-50)44(61)55-40(30(3)57)45(62)51-29(2)41(58)53-36(14-11-12-22-49)43(60)52-31(4)48-63-39-28-35-27-38(46(35,5)6)47(39,7)64-48/h15-18,29-31,33,35-40,57H,8-14,19-28,49-50H2,1-7H3,(H,51,62)(H,52,60)(H,53,58)(H,54,59)(H,55,61)/t29-,30+,31-,35-,36-,37-,38-,39?,40-,47-/m0/s1. The smallest absolute Gasteiger partial charge is 0.404 e. The maximum Gasteiger partial charge on any atom is 0.481 e. The Balaban J connectivity index is 1.11. The van der Waals surface area contributed by atoms with E-state index in [9.17, 15) is 29.1 Å². The van der Waals surface area contributed by atoms with E-state index in [1.54, 1.807) is 12.1 Å². The Hall–Kier alpha value is -3.61. The molecule has 2 bridgehead atoms. The van der Waals surface area contributed by atoms with Gasteiger partial charge in [0.25, 0.3) is 5.91 Å². The maximum absolute atomic E-state index is 13.7. The minimum atomic E-state index is -1.47. The molecule has 5 fully saturated rings. The number of nitrogens with one attached hydrogen (secondary N) is 5. The summed E-state index contributed by atoms with van der Waals surface area (Å²) >= 11 is 0. The lowest BCUT2D eigenvalue weighted by Gasteiger charge is -2.64. The highest BCUT2D eigenvalue weighted by molar-refractivity contribution is 6.47. The fourth-order valence-electron chi connectivity index (χ4n) is 10.4. The molecule has 0 radical (unpaired) electrons. The first-order valence-electron chi connectivity index (χ1n) is 24.2. The number of nitrogens with zero attached hydrogens (tertiary/aromatic N) is 1. The van der Waals surface area contributed by atoms with Gasteiger partial charge in [-0.25, -0.2) is 0 Å². The first kappa shape index (κ1) is 51.4. The largest absolute Gasteiger partial charge is 0.481 e. The van der Waals surface area contributed by atoms with Gasteiger partial charge in [-0.3, -0.25) is 24.0 Å². The van der Waals surface area contributed by atoms with E-state index in [0.29, 0.717) is 49.1 Å². The Labute approximate surface area is 381 Å². The van der Waals surface area contributed by atoms with Crippen LogP contribution in [0.5, 0.6) is 0 Å². The van der Waals surface area contributed by atoms with Crippen LogP contribution in [0, 0.1) is 17.3 Å². The molecule has 3 aliphatic carbocycles. The number of aliphatic hydroxyl groups excluding tert-OH is 1. The summed E-state index contributed by atoms with van der Waals surface area (Å²) in [5, 5.41) is 24.2. The molecule has 2 saturated heterocycles. The van der Waals surface area contributed by atoms with Gasteiger partial charge in [-0.05, 0) is 159 Å². The van der Waals surface area contributed by atoms with E-state index in [2.05, 4.69) is 59.2 Å². The first-order chi connectivity index (χ1) is 30.4. The Morgan fingerprint density at radius 1 is 0.797 bits per heavy atom. The number of benzene rings is 1. The molecule has 0 aromatic heterocycles. The Bertz CT molecular complexity index is 1730. The van der Waals surface area contributed by atoms with Crippen LogP contribution < -0.4 is 38.1 Å². The highest BCUT2D eigenvalue weighted by Crippen LogP contribution is 2.65. The van der Waals surface area contributed by atoms with Crippen molar-refractivity contribution in [2.24, 2.45) is 28.7 Å². The molecule has 2 heterocycles. The van der Waals surface area contributed by atoms with E-state index in [0.717, 1.165) is 45.3 Å². The van der Waals surface area contributed by atoms with Crippen molar-refractivity contribution in [3.8, 4) is 0 Å². The molecule has 1 unspecified atom stereocenters. The van der Waals surface area contributed by atoms with Crippen LogP contribution in [-0.4, -0.2) is 127 Å². The third-order valence-electron chi connectivity index (χ3n) is 14.8. The fraction of sp³-hybridized carbons (Fsp3) is 0.766. The molecule has 10 N–H and O–H groups in total. The highest BCUT2D eigenvalue weighted by Gasteiger charge is 2.68. The monoisotopic (exact) mass is 895 g/mol. The van der Waals surface area contributed by atoms with E-state index in [1.807, 2.05) is 19.1 Å². The van der Waals surface area contributed by atoms with Crippen LogP contribution in [0.15, 0.2) is 24.3 Å². The lowest BCUT2D eigenvalue weighted by molar-refractivity contribution is -0.199. The topological polar surface area (TPSA) is 239 Å². The molecule has 6 rings (SSSR count). The summed E-state index contributed by atoms with van der Waals surface area (Å²) in [6.07, 6.45) is 9.35. The number of aliphatic hydroxyl groups is 1. The van der Waals surface area contributed by atoms with Crippen LogP contribution in [0.4, 0.5) is 0 Å². The summed E-state index contributed by atoms with van der Waals surface area (Å²) in [5.41, 5.74) is 12.9. The van der Waals surface area contributed by atoms with Crippen LogP contribution in [0.25, 0.3) is 0 Å². The van der Waals surface area contributed by atoms with Crippen LogP contribution in [0.1, 0.15) is 147 Å². The SMILES string of the molecule is CCCCCCN1CCC(c2ccc(C(=O)N[C@@H](CCN)C(=O)N[C@H](C(=O)N[C@@H](C)C(=O)N[C@@H](CCCCN)C(=O)N[C@@H](C)B3OC4C[C@@H]5C[C@@H](C5(C)C)[C@]4(C)O3)[C@@H](C)O)cc2)CC1. The van der Waals surface area contributed by atoms with Gasteiger partial charge in [0.15, 0.2) is 0 Å². The maximum atomic E-state index is 13.7. The first-order valence-corrected chi connectivity index (χ1v) is 24.2. The van der Waals surface area contributed by atoms with Gasteiger partial charge >= 0.3 is 7.12 Å². The summed E-state index contributed by atoms with van der Waals surface area (Å²) in [7, 11) is -0.646. The zero-order valence-corrected chi connectivity index (χ0v) is 39.6. The molecule has 5 amide bonds. The number of unbranched alkanes of at least 4 members (excludes halogenated alkanes) is 4. The van der Waals surface area contributed by atoms with Gasteiger partial charge in [0.1, 0.15) is 24.2 Å². The summed E-state index contributed by atoms with van der Waals surface area (Å²) in [4.78, 5) is 70.3. The van der Waals surface area contributed by atoms with Crippen LogP contribution >= 0.6 is 0 Å². The van der Waals surface area contributed by atoms with Crippen molar-refractivity contribution in [2.45, 2.75) is 179 Å². The summed E-state index contributed by atoms with van der Waals surface area (Å²) in [6, 6.07) is 2.79. The summed E-state index contributed by atoms with van der Waals surface area (Å²) in [5.74, 6) is -2.21. The summed E-state index contributed by atoms with van der Waals surface area (Å²) < 4.78 is 12.9. The number of rotatable bonds is 24. The minimum absolute atomic E-state index is 0.0512. The molecule has 5 aliphatic rings. The number of likely N-dealkylation sites (tertiary alicyclic amines) is 1. The van der Waals surface area contributed by atoms with Crippen LogP contribution in [0.2, 0.25) is 0 Å². The van der Waals surface area contributed by atoms with Crippen LogP contribution in [-0.2, 0) is 28.5 Å². The zero-order chi connectivity index (χ0) is 46.8. The average molecular weight is 895 g/mol. The Morgan fingerprint density at radius 2 is 1.47 bits per heavy atom. The molecule has 1 aromatic rings. The number of hydrogen-bond acceptors (Lipinski definition) is 11. The van der Waals surface area contributed by atoms with Gasteiger partial charge < -0.3 is 57.4 Å². The normalized spacial score (nSPS) is 25.7. The van der Waals surface area contributed by atoms with Gasteiger partial charge in [-0.15, -0.1) is 0 Å². The lowest BCUT2D eigenvalue weighted by Crippen LogP contribution is -2.65. The second kappa shape index (κ2) is 23.2. The Morgan fingerprint density at radius 3 is 2.09 bits per heavy atom. The van der Waals surface area contributed by atoms with Gasteiger partial charge in [0.2, 0.25) is 23.6 Å². The van der Waals surface area contributed by atoms with E-state index < -0.39 is 78.5 Å². The zero-order valence-electron chi connectivity index (χ0n) is 39.6. The molecule has 64 heavy (non-hydrogen) atoms. The molecule has 10 atom stereocenters. The van der Waals surface area contributed by atoms with Crippen molar-refractivity contribution in [3.05, 3.63) is 35.4 Å². The second-order valence-electron chi connectivity index (χ2n) is 19.8. The van der Waals surface area contributed by atoms with Crippen molar-refractivity contribution in [1.82, 2.24) is 31.5 Å². The van der Waals surface area contributed by atoms with E-state index in [1.165, 1.54) is 45.1 Å². The van der Waals surface area contributed by atoms with E-state index >= 15 is 0 Å². The number of carbonyl (C=O) groups is 5. The number of carbonyl (C=O) groups excluding carboxylic acids is 5. The fourth-order valence-corrected chi connectivity index (χ4v) is 10.4. The molecule has 17 heteroatoms. The molecule has 1 aromatic carbocycles. The predicted molar refractivity (Wildman–Crippen MR) is 248 cm³/mol. The van der Waals surface area contributed by atoms with Gasteiger partial charge in [0.05, 0.1) is 23.8 Å². The van der Waals surface area contributed by atoms with Crippen molar-refractivity contribution in [2.75, 3.05) is 32.7 Å². The average Bonchev–Trinajstić information content (AvgIpc) is 3.64. The highest BCUT2D eigenvalue weighted by atomic mass is 16.7. The van der Waals surface area contributed by atoms with Gasteiger partial charge in [-0.2, -0.15) is 0 Å². The lowest BCUT2D eigenvalue weighted by atomic mass is 9.43. The van der Waals surface area contributed by atoms with Crippen molar-refractivity contribution < 1.29 is 38.4 Å². The molecular weight excluding hydrogens is 815 g/mol. The predicted octanol–water partition coefficient (Wildman–Crippen LogP) is 2.65. The van der Waals surface area contributed by atoms with Gasteiger partial charge in [0, 0.05) is 5.56 Å². The van der Waals surface area contributed by atoms with E-state index in [4.69, 9.17) is 20.8 Å². The van der Waals surface area contributed by atoms with Crippen molar-refractivity contribution in [3.63, 3.8) is 0 Å². The van der Waals surface area contributed by atoms with E-state index in [-0.39, 0.29) is 24.5 Å². The van der Waals surface area contributed by atoms with Gasteiger partial charge in [-0.1, -0.05) is 52.2 Å². The second-order valence-corrected chi connectivity index (χ2v) is 19.8. The Kier molecular flexibility index (Phi) is 18.6. The number of piperidine rings is 1. The molecule has 358 valence electrons. The third kappa shape index (κ3) is 12.6. The molecule has 3 saturated carbocycles. The molecule has 0 spiro atoms. The third-order valence-corrected chi connectivity index (χ3v) is 14.8. The molecule has 2 aliphatic heterocycles. The van der Waals surface area contributed by atoms with Crippen LogP contribution in [0.3, 0.4) is 0 Å². The number of hydrogen-bond donors (Lipinski definition) is 8. The number of nitrogens with two attached hydrogens (primary N) is 2. The van der Waals surface area contributed by atoms with Crippen molar-refractivity contribution in [1.29, 1.82) is 0 Å². The van der Waals surface area contributed by atoms with Crippen molar-refractivity contribution >= 4 is 36.7 Å². The molecular formula is C47H79BN8O8. The summed E-state index contributed by atoms with van der Waals surface area (Å²) in [6.45, 7) is 17.3. The minimum Gasteiger partial charge on any atom is -0.404 e. The molecule has 16 nitrogen and oxygen atoms in total. The quantitative estimate of drug-likeness (QED) is 0.0555.